The van der Waals surface area contributed by atoms with Crippen LogP contribution < -0.4 is 0 Å². The topological polar surface area (TPSA) is 53.3 Å². The first kappa shape index (κ1) is 11.8. The van der Waals surface area contributed by atoms with Gasteiger partial charge in [-0.05, 0) is 18.8 Å². The molecule has 0 spiro atoms. The highest BCUT2D eigenvalue weighted by atomic mass is 16.6. The molecule has 0 radical (unpaired) electrons. The number of carbonyl (C=O) groups is 1. The molecule has 0 aromatic heterocycles. The maximum absolute atomic E-state index is 11.4. The van der Waals surface area contributed by atoms with Crippen LogP contribution in [-0.2, 0) is 4.74 Å². The largest absolute Gasteiger partial charge is 0.449 e. The molecule has 1 saturated carbocycles. The van der Waals surface area contributed by atoms with Crippen molar-refractivity contribution in [3.63, 3.8) is 0 Å². The highest BCUT2D eigenvalue weighted by Crippen LogP contribution is 2.24. The van der Waals surface area contributed by atoms with Crippen LogP contribution in [0.5, 0.6) is 0 Å². The van der Waals surface area contributed by atoms with Crippen LogP contribution in [0.1, 0.15) is 32.1 Å². The molecule has 0 bridgehead atoms. The smallest absolute Gasteiger partial charge is 0.409 e. The lowest BCUT2D eigenvalue weighted by Gasteiger charge is -2.17. The zero-order valence-electron chi connectivity index (χ0n) is 9.24. The molecule has 1 rings (SSSR count). The summed E-state index contributed by atoms with van der Waals surface area (Å²) in [5.41, 5.74) is 0. The summed E-state index contributed by atoms with van der Waals surface area (Å²) in [5.74, 6) is 0.554. The fourth-order valence-corrected chi connectivity index (χ4v) is 1.79. The molecule has 0 heterocycles. The van der Waals surface area contributed by atoms with Crippen molar-refractivity contribution in [2.45, 2.75) is 32.1 Å². The molecule has 1 aliphatic rings. The number of nitriles is 1. The Morgan fingerprint density at radius 2 is 2.20 bits per heavy atom. The lowest BCUT2D eigenvalue weighted by Crippen LogP contribution is -2.29. The molecule has 84 valence electrons. The van der Waals surface area contributed by atoms with Crippen molar-refractivity contribution in [1.82, 2.24) is 4.90 Å². The molecule has 0 saturated heterocycles. The van der Waals surface area contributed by atoms with Crippen LogP contribution in [0, 0.1) is 17.2 Å². The fraction of sp³-hybridized carbons (Fsp3) is 0.818. The van der Waals surface area contributed by atoms with Gasteiger partial charge < -0.3 is 9.64 Å². The second-order valence-electron chi connectivity index (χ2n) is 4.06. The van der Waals surface area contributed by atoms with E-state index in [9.17, 15) is 4.79 Å². The third-order valence-electron chi connectivity index (χ3n) is 2.79. The number of ether oxygens (including phenoxy) is 1. The van der Waals surface area contributed by atoms with Crippen molar-refractivity contribution in [3.8, 4) is 6.07 Å². The second kappa shape index (κ2) is 6.28. The van der Waals surface area contributed by atoms with Crippen LogP contribution in [0.4, 0.5) is 4.79 Å². The molecule has 15 heavy (non-hydrogen) atoms. The number of amides is 1. The SMILES string of the molecule is CN(CCC#N)C(=O)OCC1CCCC1. The first-order chi connectivity index (χ1) is 7.24. The standard InChI is InChI=1S/C11H18N2O2/c1-13(8-4-7-12)11(14)15-9-10-5-2-3-6-10/h10H,2-6,8-9H2,1H3. The minimum Gasteiger partial charge on any atom is -0.449 e. The maximum atomic E-state index is 11.4. The van der Waals surface area contributed by atoms with Crippen LogP contribution in [0.3, 0.4) is 0 Å². The Hall–Kier alpha value is -1.24. The molecule has 0 aliphatic heterocycles. The summed E-state index contributed by atoms with van der Waals surface area (Å²) >= 11 is 0. The molecule has 0 N–H and O–H groups in total. The monoisotopic (exact) mass is 210 g/mol. The first-order valence-corrected chi connectivity index (χ1v) is 5.49. The van der Waals surface area contributed by atoms with Gasteiger partial charge in [-0.15, -0.1) is 0 Å². The van der Waals surface area contributed by atoms with Gasteiger partial charge in [0.1, 0.15) is 0 Å². The molecule has 0 unspecified atom stereocenters. The van der Waals surface area contributed by atoms with Gasteiger partial charge in [0.05, 0.1) is 19.1 Å². The molecule has 4 heteroatoms. The lowest BCUT2D eigenvalue weighted by molar-refractivity contribution is 0.0964. The van der Waals surface area contributed by atoms with E-state index < -0.39 is 0 Å². The Morgan fingerprint density at radius 1 is 1.53 bits per heavy atom. The van der Waals surface area contributed by atoms with Crippen LogP contribution >= 0.6 is 0 Å². The second-order valence-corrected chi connectivity index (χ2v) is 4.06. The average Bonchev–Trinajstić information content (AvgIpc) is 2.75. The van der Waals surface area contributed by atoms with Gasteiger partial charge in [0, 0.05) is 13.6 Å². The van der Waals surface area contributed by atoms with E-state index in [1.807, 2.05) is 6.07 Å². The molecule has 1 aliphatic carbocycles. The summed E-state index contributed by atoms with van der Waals surface area (Å²) in [6.45, 7) is 0.982. The van der Waals surface area contributed by atoms with Crippen LogP contribution in [0.25, 0.3) is 0 Å². The van der Waals surface area contributed by atoms with E-state index >= 15 is 0 Å². The summed E-state index contributed by atoms with van der Waals surface area (Å²) in [6.07, 6.45) is 4.91. The van der Waals surface area contributed by atoms with Crippen molar-refractivity contribution in [1.29, 1.82) is 5.26 Å². The molecule has 4 nitrogen and oxygen atoms in total. The fourth-order valence-electron chi connectivity index (χ4n) is 1.79. The summed E-state index contributed by atoms with van der Waals surface area (Å²) in [7, 11) is 1.66. The van der Waals surface area contributed by atoms with Crippen LogP contribution in [0.2, 0.25) is 0 Å². The van der Waals surface area contributed by atoms with Gasteiger partial charge in [-0.3, -0.25) is 0 Å². The van der Waals surface area contributed by atoms with Crippen molar-refractivity contribution < 1.29 is 9.53 Å². The van der Waals surface area contributed by atoms with Gasteiger partial charge in [-0.2, -0.15) is 5.26 Å². The molecule has 1 fully saturated rings. The number of hydrogen-bond acceptors (Lipinski definition) is 3. The molecular formula is C11H18N2O2. The maximum Gasteiger partial charge on any atom is 0.409 e. The van der Waals surface area contributed by atoms with Gasteiger partial charge in [0.2, 0.25) is 0 Å². The normalized spacial score (nSPS) is 16.0. The third-order valence-corrected chi connectivity index (χ3v) is 2.79. The van der Waals surface area contributed by atoms with Gasteiger partial charge in [0.25, 0.3) is 0 Å². The zero-order valence-corrected chi connectivity index (χ0v) is 9.24. The molecular weight excluding hydrogens is 192 g/mol. The predicted octanol–water partition coefficient (Wildman–Crippen LogP) is 2.16. The van der Waals surface area contributed by atoms with Crippen molar-refractivity contribution in [3.05, 3.63) is 0 Å². The van der Waals surface area contributed by atoms with Crippen molar-refractivity contribution in [2.24, 2.45) is 5.92 Å². The highest BCUT2D eigenvalue weighted by molar-refractivity contribution is 5.67. The summed E-state index contributed by atoms with van der Waals surface area (Å²) in [4.78, 5) is 12.9. The molecule has 1 amide bonds. The quantitative estimate of drug-likeness (QED) is 0.714. The van der Waals surface area contributed by atoms with E-state index in [2.05, 4.69) is 0 Å². The molecule has 0 atom stereocenters. The summed E-state index contributed by atoms with van der Waals surface area (Å²) in [6, 6.07) is 2.00. The van der Waals surface area contributed by atoms with Crippen LogP contribution in [-0.4, -0.2) is 31.2 Å². The Balaban J connectivity index is 2.14. The molecule has 0 aromatic rings. The summed E-state index contributed by atoms with van der Waals surface area (Å²) < 4.78 is 5.16. The third kappa shape index (κ3) is 4.20. The molecule has 0 aromatic carbocycles. The van der Waals surface area contributed by atoms with Gasteiger partial charge in [-0.25, -0.2) is 4.79 Å². The Morgan fingerprint density at radius 3 is 2.80 bits per heavy atom. The number of nitrogens with zero attached hydrogens (tertiary/aromatic N) is 2. The number of rotatable bonds is 4. The zero-order chi connectivity index (χ0) is 11.1. The van der Waals surface area contributed by atoms with Gasteiger partial charge in [-0.1, -0.05) is 12.8 Å². The minimum atomic E-state index is -0.308. The number of hydrogen-bond donors (Lipinski definition) is 0. The van der Waals surface area contributed by atoms with Crippen molar-refractivity contribution in [2.75, 3.05) is 20.2 Å². The highest BCUT2D eigenvalue weighted by Gasteiger charge is 2.18. The van der Waals surface area contributed by atoms with E-state index in [0.29, 0.717) is 25.5 Å². The van der Waals surface area contributed by atoms with Gasteiger partial charge >= 0.3 is 6.09 Å². The van der Waals surface area contributed by atoms with E-state index in [1.54, 1.807) is 7.05 Å². The Bertz CT molecular complexity index is 241. The lowest BCUT2D eigenvalue weighted by atomic mass is 10.1. The van der Waals surface area contributed by atoms with E-state index in [-0.39, 0.29) is 6.09 Å². The van der Waals surface area contributed by atoms with E-state index in [4.69, 9.17) is 10.00 Å². The van der Waals surface area contributed by atoms with Gasteiger partial charge in [0.15, 0.2) is 0 Å². The van der Waals surface area contributed by atoms with E-state index in [0.717, 1.165) is 0 Å². The minimum absolute atomic E-state index is 0.308. The predicted molar refractivity (Wildman–Crippen MR) is 56.2 cm³/mol. The van der Waals surface area contributed by atoms with E-state index in [1.165, 1.54) is 30.6 Å². The average molecular weight is 210 g/mol. The first-order valence-electron chi connectivity index (χ1n) is 5.49. The van der Waals surface area contributed by atoms with Crippen LogP contribution in [0.15, 0.2) is 0 Å². The Labute approximate surface area is 90.8 Å². The Kier molecular flexibility index (Phi) is 4.96. The number of carbonyl (C=O) groups excluding carboxylic acids is 1. The summed E-state index contributed by atoms with van der Waals surface area (Å²) in [5, 5.41) is 8.37. The van der Waals surface area contributed by atoms with Crippen molar-refractivity contribution >= 4 is 6.09 Å².